The highest BCUT2D eigenvalue weighted by Gasteiger charge is 1.99. The average Bonchev–Trinajstić information content (AvgIpc) is 2.34. The molecular weight excluding hydrogens is 200 g/mol. The highest BCUT2D eigenvalue weighted by Crippen LogP contribution is 2.13. The highest BCUT2D eigenvalue weighted by atomic mass is 16.5. The molecule has 0 N–H and O–H groups in total. The van der Waals surface area contributed by atoms with Crippen LogP contribution in [0.15, 0.2) is 30.5 Å². The van der Waals surface area contributed by atoms with Gasteiger partial charge in [0, 0.05) is 0 Å². The molecule has 0 aliphatic carbocycles. The lowest BCUT2D eigenvalue weighted by Crippen LogP contribution is -1.99. The van der Waals surface area contributed by atoms with Gasteiger partial charge in [0.05, 0.1) is 23.8 Å². The fourth-order valence-corrected chi connectivity index (χ4v) is 1.54. The Kier molecular flexibility index (Phi) is 3.70. The Hall–Kier alpha value is -1.64. The molecule has 3 heteroatoms. The van der Waals surface area contributed by atoms with Crippen molar-refractivity contribution < 1.29 is 4.74 Å². The van der Waals surface area contributed by atoms with Crippen LogP contribution in [0, 0.1) is 0 Å². The van der Waals surface area contributed by atoms with Crippen molar-refractivity contribution in [2.45, 2.75) is 26.2 Å². The summed E-state index contributed by atoms with van der Waals surface area (Å²) in [6.45, 7) is 2.90. The minimum absolute atomic E-state index is 0.620. The zero-order chi connectivity index (χ0) is 11.2. The first-order chi connectivity index (χ1) is 7.90. The molecular formula is C13H16N2O. The third-order valence-corrected chi connectivity index (χ3v) is 2.42. The second-order valence-electron chi connectivity index (χ2n) is 3.75. The zero-order valence-electron chi connectivity index (χ0n) is 9.52. The van der Waals surface area contributed by atoms with Gasteiger partial charge in [-0.15, -0.1) is 0 Å². The first-order valence-corrected chi connectivity index (χ1v) is 5.74. The second kappa shape index (κ2) is 5.45. The highest BCUT2D eigenvalue weighted by molar-refractivity contribution is 5.73. The van der Waals surface area contributed by atoms with Crippen molar-refractivity contribution in [1.29, 1.82) is 0 Å². The first-order valence-electron chi connectivity index (χ1n) is 5.74. The summed E-state index contributed by atoms with van der Waals surface area (Å²) in [5.74, 6) is 0.620. The third kappa shape index (κ3) is 2.69. The van der Waals surface area contributed by atoms with Crippen LogP contribution in [0.5, 0.6) is 5.88 Å². The van der Waals surface area contributed by atoms with E-state index < -0.39 is 0 Å². The van der Waals surface area contributed by atoms with Crippen molar-refractivity contribution >= 4 is 11.0 Å². The average molecular weight is 216 g/mol. The Labute approximate surface area is 95.5 Å². The Morgan fingerprint density at radius 1 is 1.12 bits per heavy atom. The molecule has 0 bridgehead atoms. The van der Waals surface area contributed by atoms with E-state index in [1.165, 1.54) is 12.8 Å². The molecule has 0 aliphatic rings. The second-order valence-corrected chi connectivity index (χ2v) is 3.75. The fraction of sp³-hybridized carbons (Fsp3) is 0.385. The predicted molar refractivity (Wildman–Crippen MR) is 64.6 cm³/mol. The number of unbranched alkanes of at least 4 members (excludes halogenated alkanes) is 2. The Bertz CT molecular complexity index is 456. The molecule has 0 saturated heterocycles. The first kappa shape index (κ1) is 10.9. The zero-order valence-corrected chi connectivity index (χ0v) is 9.52. The van der Waals surface area contributed by atoms with Crippen molar-refractivity contribution in [2.75, 3.05) is 6.61 Å². The number of rotatable bonds is 5. The van der Waals surface area contributed by atoms with E-state index in [-0.39, 0.29) is 0 Å². The summed E-state index contributed by atoms with van der Waals surface area (Å²) in [7, 11) is 0. The Morgan fingerprint density at radius 3 is 2.75 bits per heavy atom. The number of fused-ring (bicyclic) bond motifs is 1. The smallest absolute Gasteiger partial charge is 0.232 e. The van der Waals surface area contributed by atoms with E-state index >= 15 is 0 Å². The number of ether oxygens (including phenoxy) is 1. The fourth-order valence-electron chi connectivity index (χ4n) is 1.54. The van der Waals surface area contributed by atoms with Crippen LogP contribution < -0.4 is 4.74 Å². The van der Waals surface area contributed by atoms with Crippen LogP contribution >= 0.6 is 0 Å². The molecule has 0 atom stereocenters. The Morgan fingerprint density at radius 2 is 1.94 bits per heavy atom. The molecule has 0 amide bonds. The van der Waals surface area contributed by atoms with E-state index in [4.69, 9.17) is 4.74 Å². The molecule has 0 aliphatic heterocycles. The van der Waals surface area contributed by atoms with Gasteiger partial charge in [-0.25, -0.2) is 9.97 Å². The van der Waals surface area contributed by atoms with Crippen molar-refractivity contribution in [3.05, 3.63) is 30.5 Å². The summed E-state index contributed by atoms with van der Waals surface area (Å²) < 4.78 is 5.54. The molecule has 16 heavy (non-hydrogen) atoms. The quantitative estimate of drug-likeness (QED) is 0.720. The van der Waals surface area contributed by atoms with Crippen LogP contribution in [0.3, 0.4) is 0 Å². The van der Waals surface area contributed by atoms with Crippen molar-refractivity contribution in [2.24, 2.45) is 0 Å². The summed E-state index contributed by atoms with van der Waals surface area (Å²) in [4.78, 5) is 8.68. The lowest BCUT2D eigenvalue weighted by Gasteiger charge is -2.04. The molecule has 1 aromatic carbocycles. The Balaban J connectivity index is 2.02. The van der Waals surface area contributed by atoms with E-state index in [9.17, 15) is 0 Å². The van der Waals surface area contributed by atoms with E-state index in [1.807, 2.05) is 24.3 Å². The summed E-state index contributed by atoms with van der Waals surface area (Å²) >= 11 is 0. The minimum Gasteiger partial charge on any atom is -0.477 e. The van der Waals surface area contributed by atoms with Gasteiger partial charge >= 0.3 is 0 Å². The number of hydrogen-bond acceptors (Lipinski definition) is 3. The number of hydrogen-bond donors (Lipinski definition) is 0. The van der Waals surface area contributed by atoms with Crippen LogP contribution in [0.4, 0.5) is 0 Å². The normalized spacial score (nSPS) is 10.6. The molecule has 84 valence electrons. The molecule has 0 fully saturated rings. The van der Waals surface area contributed by atoms with Crippen LogP contribution in [-0.2, 0) is 0 Å². The molecule has 2 aromatic rings. The van der Waals surface area contributed by atoms with Gasteiger partial charge < -0.3 is 4.74 Å². The molecule has 3 nitrogen and oxygen atoms in total. The molecule has 0 spiro atoms. The minimum atomic E-state index is 0.620. The van der Waals surface area contributed by atoms with E-state index in [2.05, 4.69) is 16.9 Å². The van der Waals surface area contributed by atoms with E-state index in [1.54, 1.807) is 6.20 Å². The lowest BCUT2D eigenvalue weighted by molar-refractivity contribution is 0.295. The van der Waals surface area contributed by atoms with Crippen molar-refractivity contribution in [3.8, 4) is 5.88 Å². The van der Waals surface area contributed by atoms with Crippen molar-refractivity contribution in [1.82, 2.24) is 9.97 Å². The van der Waals surface area contributed by atoms with E-state index in [0.717, 1.165) is 24.1 Å². The molecule has 1 aromatic heterocycles. The number of para-hydroxylation sites is 2. The lowest BCUT2D eigenvalue weighted by atomic mass is 10.3. The predicted octanol–water partition coefficient (Wildman–Crippen LogP) is 3.20. The van der Waals surface area contributed by atoms with Gasteiger partial charge in [0.1, 0.15) is 0 Å². The van der Waals surface area contributed by atoms with Crippen molar-refractivity contribution in [3.63, 3.8) is 0 Å². The van der Waals surface area contributed by atoms with Gasteiger partial charge in [-0.3, -0.25) is 0 Å². The van der Waals surface area contributed by atoms with Gasteiger partial charge in [0.2, 0.25) is 5.88 Å². The van der Waals surface area contributed by atoms with Gasteiger partial charge in [0.15, 0.2) is 0 Å². The number of aromatic nitrogens is 2. The summed E-state index contributed by atoms with van der Waals surface area (Å²) in [5.41, 5.74) is 1.79. The van der Waals surface area contributed by atoms with Crippen LogP contribution in [0.2, 0.25) is 0 Å². The molecule has 0 saturated carbocycles. The summed E-state index contributed by atoms with van der Waals surface area (Å²) in [6, 6.07) is 7.81. The maximum Gasteiger partial charge on any atom is 0.232 e. The topological polar surface area (TPSA) is 35.0 Å². The third-order valence-electron chi connectivity index (χ3n) is 2.42. The van der Waals surface area contributed by atoms with E-state index in [0.29, 0.717) is 5.88 Å². The van der Waals surface area contributed by atoms with Gasteiger partial charge in [0.25, 0.3) is 0 Å². The SMILES string of the molecule is CCCCCOc1cnc2ccccc2n1. The van der Waals surface area contributed by atoms with Gasteiger partial charge in [-0.05, 0) is 18.6 Å². The maximum atomic E-state index is 5.54. The van der Waals surface area contributed by atoms with Crippen LogP contribution in [-0.4, -0.2) is 16.6 Å². The molecule has 1 heterocycles. The summed E-state index contributed by atoms with van der Waals surface area (Å²) in [6.07, 6.45) is 5.16. The van der Waals surface area contributed by atoms with Gasteiger partial charge in [-0.1, -0.05) is 31.9 Å². The standard InChI is InChI=1S/C13H16N2O/c1-2-3-6-9-16-13-10-14-11-7-4-5-8-12(11)15-13/h4-5,7-8,10H,2-3,6,9H2,1H3. The molecule has 0 unspecified atom stereocenters. The van der Waals surface area contributed by atoms with Crippen LogP contribution in [0.1, 0.15) is 26.2 Å². The molecule has 2 rings (SSSR count). The van der Waals surface area contributed by atoms with Crippen LogP contribution in [0.25, 0.3) is 11.0 Å². The number of benzene rings is 1. The maximum absolute atomic E-state index is 5.54. The monoisotopic (exact) mass is 216 g/mol. The summed E-state index contributed by atoms with van der Waals surface area (Å²) in [5, 5.41) is 0. The van der Waals surface area contributed by atoms with Gasteiger partial charge in [-0.2, -0.15) is 0 Å². The molecule has 0 radical (unpaired) electrons. The number of nitrogens with zero attached hydrogens (tertiary/aromatic N) is 2. The largest absolute Gasteiger partial charge is 0.477 e.